The highest BCUT2D eigenvalue weighted by Gasteiger charge is 2.20. The first kappa shape index (κ1) is 23.0. The Hall–Kier alpha value is -1.25. The van der Waals surface area contributed by atoms with Crippen molar-refractivity contribution in [1.29, 1.82) is 0 Å². The molecular weight excluding hydrogens is 354 g/mol. The van der Waals surface area contributed by atoms with Gasteiger partial charge in [-0.2, -0.15) is 0 Å². The largest absolute Gasteiger partial charge is 0.412 e. The molecule has 0 amide bonds. The van der Waals surface area contributed by atoms with E-state index >= 15 is 0 Å². The molecule has 0 saturated carbocycles. The summed E-state index contributed by atoms with van der Waals surface area (Å²) in [4.78, 5) is 4.09. The number of pyridine rings is 1. The van der Waals surface area contributed by atoms with Gasteiger partial charge >= 0.3 is 0 Å². The van der Waals surface area contributed by atoms with Crippen LogP contribution in [0.3, 0.4) is 0 Å². The SMILES string of the molecule is Cl.Cl.NC/C=C(\F)CS(=O)(=O)c1cccc2cccnc12.O. The predicted octanol–water partition coefficient (Wildman–Crippen LogP) is 1.84. The Labute approximate surface area is 140 Å². The van der Waals surface area contributed by atoms with E-state index in [1.54, 1.807) is 24.3 Å². The summed E-state index contributed by atoms with van der Waals surface area (Å²) >= 11 is 0. The fourth-order valence-electron chi connectivity index (χ4n) is 1.77. The van der Waals surface area contributed by atoms with Crippen LogP contribution in [0.1, 0.15) is 0 Å². The number of halogens is 3. The van der Waals surface area contributed by atoms with Gasteiger partial charge in [0.2, 0.25) is 0 Å². The number of benzene rings is 1. The van der Waals surface area contributed by atoms with E-state index in [0.29, 0.717) is 10.9 Å². The normalized spacial score (nSPS) is 11.1. The molecule has 2 rings (SSSR count). The lowest BCUT2D eigenvalue weighted by atomic mass is 10.2. The maximum absolute atomic E-state index is 13.4. The van der Waals surface area contributed by atoms with Crippen LogP contribution in [0.4, 0.5) is 4.39 Å². The summed E-state index contributed by atoms with van der Waals surface area (Å²) in [5.74, 6) is -1.45. The Morgan fingerprint density at radius 3 is 2.50 bits per heavy atom. The standard InChI is InChI=1S/C13H13FN2O2S.2ClH.H2O/c14-11(6-7-15)9-19(17,18)12-5-1-3-10-4-2-8-16-13(10)12;;;/h1-6,8H,7,9,15H2;2*1H;1H2/b11-6-;;;. The molecule has 9 heteroatoms. The summed E-state index contributed by atoms with van der Waals surface area (Å²) in [6, 6.07) is 8.27. The number of rotatable bonds is 4. The third-order valence-electron chi connectivity index (χ3n) is 2.60. The number of hydrogen-bond donors (Lipinski definition) is 1. The highest BCUT2D eigenvalue weighted by molar-refractivity contribution is 7.91. The Kier molecular flexibility index (Phi) is 10.2. The predicted molar refractivity (Wildman–Crippen MR) is 90.2 cm³/mol. The molecule has 0 radical (unpaired) electrons. The van der Waals surface area contributed by atoms with E-state index in [1.165, 1.54) is 12.3 Å². The molecule has 0 aliphatic carbocycles. The number of nitrogens with zero attached hydrogens (tertiary/aromatic N) is 1. The lowest BCUT2D eigenvalue weighted by molar-refractivity contribution is 0.583. The number of sulfone groups is 1. The second-order valence-corrected chi connectivity index (χ2v) is 5.94. The first-order valence-corrected chi connectivity index (χ1v) is 7.31. The molecule has 2 aromatic rings. The highest BCUT2D eigenvalue weighted by atomic mass is 35.5. The maximum Gasteiger partial charge on any atom is 0.186 e. The molecule has 0 unspecified atom stereocenters. The van der Waals surface area contributed by atoms with Crippen LogP contribution in [0, 0.1) is 0 Å². The van der Waals surface area contributed by atoms with Gasteiger partial charge in [0.05, 0.1) is 10.4 Å². The van der Waals surface area contributed by atoms with Crippen molar-refractivity contribution in [2.45, 2.75) is 4.90 Å². The van der Waals surface area contributed by atoms with Crippen molar-refractivity contribution < 1.29 is 18.3 Å². The van der Waals surface area contributed by atoms with Gasteiger partial charge in [0, 0.05) is 18.1 Å². The summed E-state index contributed by atoms with van der Waals surface area (Å²) in [7, 11) is -3.77. The van der Waals surface area contributed by atoms with Crippen molar-refractivity contribution in [2.75, 3.05) is 12.3 Å². The average Bonchev–Trinajstić information content (AvgIpc) is 2.37. The zero-order chi connectivity index (χ0) is 13.9. The van der Waals surface area contributed by atoms with Gasteiger partial charge in [0.1, 0.15) is 11.6 Å². The Morgan fingerprint density at radius 1 is 1.23 bits per heavy atom. The molecule has 0 aliphatic heterocycles. The third-order valence-corrected chi connectivity index (χ3v) is 4.25. The minimum Gasteiger partial charge on any atom is -0.412 e. The average molecular weight is 371 g/mol. The van der Waals surface area contributed by atoms with Gasteiger partial charge in [-0.3, -0.25) is 4.98 Å². The topological polar surface area (TPSA) is 105 Å². The van der Waals surface area contributed by atoms with Crippen LogP contribution in [0.15, 0.2) is 53.3 Å². The van der Waals surface area contributed by atoms with Gasteiger partial charge < -0.3 is 11.2 Å². The van der Waals surface area contributed by atoms with E-state index in [-0.39, 0.29) is 41.7 Å². The molecule has 4 N–H and O–H groups in total. The molecule has 0 saturated heterocycles. The van der Waals surface area contributed by atoms with Gasteiger partial charge in [-0.1, -0.05) is 18.2 Å². The first-order valence-electron chi connectivity index (χ1n) is 5.66. The lowest BCUT2D eigenvalue weighted by Gasteiger charge is -2.06. The monoisotopic (exact) mass is 370 g/mol. The fraction of sp³-hybridized carbons (Fsp3) is 0.154. The quantitative estimate of drug-likeness (QED) is 0.885. The van der Waals surface area contributed by atoms with Gasteiger partial charge in [-0.15, -0.1) is 24.8 Å². The molecule has 0 fully saturated rings. The molecular formula is C13H17Cl2FN2O3S. The van der Waals surface area contributed by atoms with Crippen LogP contribution in [0.5, 0.6) is 0 Å². The number of para-hydroxylation sites is 1. The smallest absolute Gasteiger partial charge is 0.186 e. The van der Waals surface area contributed by atoms with Gasteiger partial charge in [0.25, 0.3) is 0 Å². The second kappa shape index (κ2) is 9.70. The van der Waals surface area contributed by atoms with Gasteiger partial charge in [-0.25, -0.2) is 12.8 Å². The summed E-state index contributed by atoms with van der Waals surface area (Å²) in [5, 5.41) is 0.701. The molecule has 22 heavy (non-hydrogen) atoms. The van der Waals surface area contributed by atoms with Crippen LogP contribution in [-0.2, 0) is 9.84 Å². The van der Waals surface area contributed by atoms with Crippen molar-refractivity contribution in [3.63, 3.8) is 0 Å². The van der Waals surface area contributed by atoms with E-state index in [1.807, 2.05) is 0 Å². The Balaban J connectivity index is 0. The van der Waals surface area contributed by atoms with Crippen molar-refractivity contribution in [2.24, 2.45) is 5.73 Å². The van der Waals surface area contributed by atoms with Crippen LogP contribution in [0.2, 0.25) is 0 Å². The Bertz CT molecular complexity index is 734. The fourth-order valence-corrected chi connectivity index (χ4v) is 3.16. The Morgan fingerprint density at radius 2 is 1.86 bits per heavy atom. The zero-order valence-electron chi connectivity index (χ0n) is 11.4. The minimum atomic E-state index is -3.77. The molecule has 0 spiro atoms. The summed E-state index contributed by atoms with van der Waals surface area (Å²) in [6.07, 6.45) is 2.56. The lowest BCUT2D eigenvalue weighted by Crippen LogP contribution is -2.09. The van der Waals surface area contributed by atoms with Crippen LogP contribution in [0.25, 0.3) is 10.9 Å². The van der Waals surface area contributed by atoms with E-state index in [4.69, 9.17) is 5.73 Å². The summed E-state index contributed by atoms with van der Waals surface area (Å²) in [5.41, 5.74) is 5.51. The number of aromatic nitrogens is 1. The molecule has 1 aromatic carbocycles. The maximum atomic E-state index is 13.4. The first-order chi connectivity index (χ1) is 9.04. The molecule has 0 aliphatic rings. The molecule has 0 bridgehead atoms. The van der Waals surface area contributed by atoms with Crippen molar-refractivity contribution in [1.82, 2.24) is 4.98 Å². The minimum absolute atomic E-state index is 0. The van der Waals surface area contributed by atoms with E-state index in [0.717, 1.165) is 6.08 Å². The molecule has 0 atom stereocenters. The number of hydrogen-bond acceptors (Lipinski definition) is 4. The second-order valence-electron chi connectivity index (χ2n) is 3.98. The van der Waals surface area contributed by atoms with Gasteiger partial charge in [0.15, 0.2) is 9.84 Å². The molecule has 124 valence electrons. The highest BCUT2D eigenvalue weighted by Crippen LogP contribution is 2.23. The van der Waals surface area contributed by atoms with Crippen molar-refractivity contribution in [3.8, 4) is 0 Å². The third kappa shape index (κ3) is 5.19. The number of fused-ring (bicyclic) bond motifs is 1. The van der Waals surface area contributed by atoms with Crippen molar-refractivity contribution in [3.05, 3.63) is 48.4 Å². The van der Waals surface area contributed by atoms with Crippen molar-refractivity contribution >= 4 is 45.6 Å². The summed E-state index contributed by atoms with van der Waals surface area (Å²) in [6.45, 7) is -0.0326. The van der Waals surface area contributed by atoms with Gasteiger partial charge in [-0.05, 0) is 18.2 Å². The molecule has 5 nitrogen and oxygen atoms in total. The van der Waals surface area contributed by atoms with E-state index < -0.39 is 21.4 Å². The van der Waals surface area contributed by atoms with Crippen LogP contribution < -0.4 is 5.73 Å². The number of nitrogens with two attached hydrogens (primary N) is 1. The molecule has 1 heterocycles. The summed E-state index contributed by atoms with van der Waals surface area (Å²) < 4.78 is 37.7. The molecule has 1 aromatic heterocycles. The van der Waals surface area contributed by atoms with E-state index in [9.17, 15) is 12.8 Å². The van der Waals surface area contributed by atoms with Crippen LogP contribution >= 0.6 is 24.8 Å². The zero-order valence-corrected chi connectivity index (χ0v) is 13.8. The van der Waals surface area contributed by atoms with Crippen LogP contribution in [-0.4, -0.2) is 31.2 Å². The van der Waals surface area contributed by atoms with E-state index in [2.05, 4.69) is 4.98 Å².